The molecule has 0 unspecified atom stereocenters. The molecule has 1 aromatic rings. The van der Waals surface area contributed by atoms with Crippen LogP contribution in [0.3, 0.4) is 0 Å². The van der Waals surface area contributed by atoms with Crippen LogP contribution in [-0.2, 0) is 11.0 Å². The molecule has 0 atom stereocenters. The number of thiazole rings is 1. The van der Waals surface area contributed by atoms with Crippen molar-refractivity contribution < 1.29 is 5.11 Å². The summed E-state index contributed by atoms with van der Waals surface area (Å²) in [6.45, 7) is 10.3. The van der Waals surface area contributed by atoms with Gasteiger partial charge in [0.25, 0.3) is 0 Å². The van der Waals surface area contributed by atoms with E-state index < -0.39 is 5.60 Å². The van der Waals surface area contributed by atoms with Crippen LogP contribution in [0.2, 0.25) is 0 Å². The van der Waals surface area contributed by atoms with Crippen molar-refractivity contribution in [2.24, 2.45) is 0 Å². The zero-order valence-corrected chi connectivity index (χ0v) is 13.7. The van der Waals surface area contributed by atoms with Gasteiger partial charge in [0.1, 0.15) is 0 Å². The van der Waals surface area contributed by atoms with Gasteiger partial charge in [0.15, 0.2) is 0 Å². The Morgan fingerprint density at radius 2 is 1.63 bits per heavy atom. The van der Waals surface area contributed by atoms with Gasteiger partial charge in [0.05, 0.1) is 21.2 Å². The summed E-state index contributed by atoms with van der Waals surface area (Å²) >= 11 is 1.74. The Hall–Kier alpha value is -0.410. The second-order valence-electron chi connectivity index (χ2n) is 7.37. The highest BCUT2D eigenvalue weighted by molar-refractivity contribution is 7.12. The normalized spacial score (nSPS) is 18.8. The molecule has 2 rings (SSSR count). The van der Waals surface area contributed by atoms with Crippen LogP contribution < -0.4 is 0 Å². The minimum Gasteiger partial charge on any atom is -0.385 e. The molecule has 1 fully saturated rings. The Labute approximate surface area is 121 Å². The van der Waals surface area contributed by atoms with Crippen LogP contribution in [0.5, 0.6) is 0 Å². The van der Waals surface area contributed by atoms with Crippen LogP contribution in [0.4, 0.5) is 0 Å². The van der Waals surface area contributed by atoms with Gasteiger partial charge >= 0.3 is 0 Å². The van der Waals surface area contributed by atoms with Gasteiger partial charge in [0.2, 0.25) is 0 Å². The number of nitrogens with zero attached hydrogens (tertiary/aromatic N) is 1. The van der Waals surface area contributed by atoms with Gasteiger partial charge in [0, 0.05) is 11.3 Å². The van der Waals surface area contributed by atoms with Crippen molar-refractivity contribution in [3.63, 3.8) is 0 Å². The number of hydrogen-bond donors (Lipinski definition) is 1. The van der Waals surface area contributed by atoms with Gasteiger partial charge < -0.3 is 5.11 Å². The number of hydrogen-bond acceptors (Lipinski definition) is 3. The fourth-order valence-electron chi connectivity index (χ4n) is 2.78. The van der Waals surface area contributed by atoms with E-state index in [0.29, 0.717) is 5.92 Å². The monoisotopic (exact) mass is 281 g/mol. The Morgan fingerprint density at radius 3 is 2.05 bits per heavy atom. The molecule has 0 bridgehead atoms. The molecular weight excluding hydrogens is 254 g/mol. The van der Waals surface area contributed by atoms with Gasteiger partial charge in [-0.25, -0.2) is 4.98 Å². The third-order valence-electron chi connectivity index (χ3n) is 3.86. The van der Waals surface area contributed by atoms with Gasteiger partial charge in [-0.15, -0.1) is 11.3 Å². The van der Waals surface area contributed by atoms with E-state index in [1.54, 1.807) is 11.3 Å². The first-order valence-electron chi connectivity index (χ1n) is 7.43. The molecule has 1 aliphatic carbocycles. The molecule has 1 heterocycles. The van der Waals surface area contributed by atoms with Crippen molar-refractivity contribution >= 4 is 11.3 Å². The van der Waals surface area contributed by atoms with Gasteiger partial charge in [-0.2, -0.15) is 0 Å². The van der Waals surface area contributed by atoms with Gasteiger partial charge in [-0.05, 0) is 26.7 Å². The third-order valence-corrected chi connectivity index (χ3v) is 5.39. The maximum Gasteiger partial charge on any atom is 0.0963 e. The summed E-state index contributed by atoms with van der Waals surface area (Å²) in [5.41, 5.74) is 0.303. The summed E-state index contributed by atoms with van der Waals surface area (Å²) in [6, 6.07) is 0. The fourth-order valence-corrected chi connectivity index (χ4v) is 4.23. The summed E-state index contributed by atoms with van der Waals surface area (Å²) in [5.74, 6) is 0.621. The summed E-state index contributed by atoms with van der Waals surface area (Å²) in [4.78, 5) is 5.99. The Bertz CT molecular complexity index is 399. The van der Waals surface area contributed by atoms with Crippen LogP contribution in [0.15, 0.2) is 0 Å². The molecular formula is C16H27NOS. The van der Waals surface area contributed by atoms with E-state index in [0.717, 1.165) is 10.6 Å². The first-order chi connectivity index (χ1) is 8.69. The molecule has 1 aromatic heterocycles. The Kier molecular flexibility index (Phi) is 4.08. The average molecular weight is 281 g/mol. The predicted octanol–water partition coefficient (Wildman–Crippen LogP) is 4.72. The van der Waals surface area contributed by atoms with Crippen molar-refractivity contribution in [1.82, 2.24) is 4.98 Å². The number of aliphatic hydroxyl groups is 1. The molecule has 0 aliphatic heterocycles. The lowest BCUT2D eigenvalue weighted by Crippen LogP contribution is -2.22. The fraction of sp³-hybridized carbons (Fsp3) is 0.812. The lowest BCUT2D eigenvalue weighted by atomic mass is 9.87. The highest BCUT2D eigenvalue weighted by Gasteiger charge is 2.32. The summed E-state index contributed by atoms with van der Waals surface area (Å²) in [6.07, 6.45) is 6.55. The van der Waals surface area contributed by atoms with Crippen molar-refractivity contribution in [2.75, 3.05) is 0 Å². The SMILES string of the molecule is CC(C)(C)c1nc(C2CCCCC2)sc1C(C)(C)O. The van der Waals surface area contributed by atoms with E-state index in [1.807, 2.05) is 13.8 Å². The molecule has 0 amide bonds. The highest BCUT2D eigenvalue weighted by atomic mass is 32.1. The van der Waals surface area contributed by atoms with Crippen LogP contribution in [0, 0.1) is 0 Å². The Balaban J connectivity index is 2.39. The maximum atomic E-state index is 10.4. The standard InChI is InChI=1S/C16H27NOS/c1-15(2,3)12-13(16(4,5)18)19-14(17-12)11-9-7-6-8-10-11/h11,18H,6-10H2,1-5H3. The third kappa shape index (κ3) is 3.38. The van der Waals surface area contributed by atoms with Gasteiger partial charge in [-0.1, -0.05) is 40.0 Å². The second kappa shape index (κ2) is 5.17. The van der Waals surface area contributed by atoms with Crippen molar-refractivity contribution in [2.45, 2.75) is 83.7 Å². The van der Waals surface area contributed by atoms with E-state index in [2.05, 4.69) is 20.8 Å². The van der Waals surface area contributed by atoms with E-state index >= 15 is 0 Å². The quantitative estimate of drug-likeness (QED) is 0.851. The van der Waals surface area contributed by atoms with Crippen LogP contribution in [0.25, 0.3) is 0 Å². The van der Waals surface area contributed by atoms with Crippen LogP contribution >= 0.6 is 11.3 Å². The number of aromatic nitrogens is 1. The minimum absolute atomic E-state index is 0.00124. The molecule has 108 valence electrons. The molecule has 3 heteroatoms. The lowest BCUT2D eigenvalue weighted by Gasteiger charge is -2.23. The summed E-state index contributed by atoms with van der Waals surface area (Å²) in [7, 11) is 0. The highest BCUT2D eigenvalue weighted by Crippen LogP contribution is 2.42. The Morgan fingerprint density at radius 1 is 1.05 bits per heavy atom. The topological polar surface area (TPSA) is 33.1 Å². The number of rotatable bonds is 2. The second-order valence-corrected chi connectivity index (χ2v) is 8.40. The van der Waals surface area contributed by atoms with Gasteiger partial charge in [-0.3, -0.25) is 0 Å². The predicted molar refractivity (Wildman–Crippen MR) is 81.9 cm³/mol. The molecule has 19 heavy (non-hydrogen) atoms. The zero-order chi connectivity index (χ0) is 14.3. The molecule has 1 aliphatic rings. The van der Waals surface area contributed by atoms with E-state index in [-0.39, 0.29) is 5.41 Å². The first-order valence-corrected chi connectivity index (χ1v) is 8.25. The van der Waals surface area contributed by atoms with Crippen molar-refractivity contribution in [1.29, 1.82) is 0 Å². The lowest BCUT2D eigenvalue weighted by molar-refractivity contribution is 0.0803. The van der Waals surface area contributed by atoms with Crippen molar-refractivity contribution in [3.8, 4) is 0 Å². The molecule has 0 radical (unpaired) electrons. The smallest absolute Gasteiger partial charge is 0.0963 e. The molecule has 1 N–H and O–H groups in total. The molecule has 0 aromatic carbocycles. The minimum atomic E-state index is -0.785. The molecule has 0 spiro atoms. The van der Waals surface area contributed by atoms with Crippen LogP contribution in [0.1, 0.15) is 88.2 Å². The van der Waals surface area contributed by atoms with E-state index in [1.165, 1.54) is 37.1 Å². The summed E-state index contributed by atoms with van der Waals surface area (Å²) < 4.78 is 0. The summed E-state index contributed by atoms with van der Waals surface area (Å²) in [5, 5.41) is 11.7. The first kappa shape index (κ1) is 15.0. The van der Waals surface area contributed by atoms with Crippen molar-refractivity contribution in [3.05, 3.63) is 15.6 Å². The largest absolute Gasteiger partial charge is 0.385 e. The van der Waals surface area contributed by atoms with Crippen LogP contribution in [-0.4, -0.2) is 10.1 Å². The van der Waals surface area contributed by atoms with E-state index in [4.69, 9.17) is 4.98 Å². The molecule has 0 saturated heterocycles. The molecule has 1 saturated carbocycles. The van der Waals surface area contributed by atoms with E-state index in [9.17, 15) is 5.11 Å². The average Bonchev–Trinajstić information content (AvgIpc) is 2.74. The zero-order valence-electron chi connectivity index (χ0n) is 12.9. The maximum absolute atomic E-state index is 10.4. The molecule has 2 nitrogen and oxygen atoms in total.